The lowest BCUT2D eigenvalue weighted by molar-refractivity contribution is 0.0599. The number of aromatic nitrogens is 1. The van der Waals surface area contributed by atoms with Crippen LogP contribution >= 0.6 is 23.2 Å². The van der Waals surface area contributed by atoms with Gasteiger partial charge in [0.1, 0.15) is 0 Å². The van der Waals surface area contributed by atoms with Crippen LogP contribution in [0.15, 0.2) is 41.3 Å². The monoisotopic (exact) mass is 311 g/mol. The lowest BCUT2D eigenvalue weighted by Crippen LogP contribution is -2.21. The standard InChI is InChI=1S/C14H11Cl2NO3/c1-20-14(19)10-3-5-13(18)17(8-10)7-9-2-4-11(15)6-12(9)16/h2-6,8H,7H2,1H3. The van der Waals surface area contributed by atoms with E-state index < -0.39 is 5.97 Å². The Morgan fingerprint density at radius 3 is 2.65 bits per heavy atom. The van der Waals surface area contributed by atoms with E-state index in [9.17, 15) is 9.59 Å². The molecular weight excluding hydrogens is 301 g/mol. The molecule has 1 aromatic carbocycles. The fourth-order valence-corrected chi connectivity index (χ4v) is 2.20. The minimum absolute atomic E-state index is 0.233. The fraction of sp³-hybridized carbons (Fsp3) is 0.143. The number of ether oxygens (including phenoxy) is 1. The van der Waals surface area contributed by atoms with Gasteiger partial charge in [-0.05, 0) is 23.8 Å². The van der Waals surface area contributed by atoms with E-state index in [2.05, 4.69) is 4.74 Å². The summed E-state index contributed by atoms with van der Waals surface area (Å²) in [4.78, 5) is 23.3. The number of hydrogen-bond acceptors (Lipinski definition) is 3. The summed E-state index contributed by atoms with van der Waals surface area (Å²) in [5, 5.41) is 0.988. The molecular formula is C14H11Cl2NO3. The first kappa shape index (κ1) is 14.6. The Balaban J connectivity index is 2.37. The smallest absolute Gasteiger partial charge is 0.339 e. The molecule has 2 aromatic rings. The van der Waals surface area contributed by atoms with Gasteiger partial charge in [0.05, 0.1) is 19.2 Å². The Kier molecular flexibility index (Phi) is 4.47. The van der Waals surface area contributed by atoms with Crippen molar-refractivity contribution in [1.82, 2.24) is 4.57 Å². The van der Waals surface area contributed by atoms with E-state index in [4.69, 9.17) is 23.2 Å². The molecule has 0 aliphatic rings. The highest BCUT2D eigenvalue weighted by Crippen LogP contribution is 2.21. The Morgan fingerprint density at radius 2 is 2.00 bits per heavy atom. The minimum atomic E-state index is -0.499. The van der Waals surface area contributed by atoms with Crippen LogP contribution in [0.4, 0.5) is 0 Å². The molecule has 0 saturated heterocycles. The molecule has 0 spiro atoms. The molecule has 0 fully saturated rings. The van der Waals surface area contributed by atoms with Gasteiger partial charge in [0.25, 0.3) is 5.56 Å². The lowest BCUT2D eigenvalue weighted by Gasteiger charge is -2.09. The van der Waals surface area contributed by atoms with Gasteiger partial charge in [-0.1, -0.05) is 29.3 Å². The molecule has 0 aliphatic heterocycles. The zero-order chi connectivity index (χ0) is 14.7. The number of carbonyl (C=O) groups is 1. The molecule has 0 aliphatic carbocycles. The van der Waals surface area contributed by atoms with Crippen molar-refractivity contribution < 1.29 is 9.53 Å². The maximum absolute atomic E-state index is 11.8. The number of pyridine rings is 1. The number of esters is 1. The molecule has 20 heavy (non-hydrogen) atoms. The van der Waals surface area contributed by atoms with Crippen molar-refractivity contribution in [1.29, 1.82) is 0 Å². The summed E-state index contributed by atoms with van der Waals surface area (Å²) in [6, 6.07) is 7.78. The average Bonchev–Trinajstić information content (AvgIpc) is 2.43. The van der Waals surface area contributed by atoms with Crippen LogP contribution in [0.5, 0.6) is 0 Å². The predicted molar refractivity (Wildman–Crippen MR) is 77.6 cm³/mol. The number of rotatable bonds is 3. The van der Waals surface area contributed by atoms with E-state index >= 15 is 0 Å². The van der Waals surface area contributed by atoms with Crippen molar-refractivity contribution in [2.75, 3.05) is 7.11 Å². The van der Waals surface area contributed by atoms with Gasteiger partial charge >= 0.3 is 5.97 Å². The topological polar surface area (TPSA) is 48.3 Å². The summed E-state index contributed by atoms with van der Waals surface area (Å²) in [7, 11) is 1.29. The SMILES string of the molecule is COC(=O)c1ccc(=O)n(Cc2ccc(Cl)cc2Cl)c1. The van der Waals surface area contributed by atoms with E-state index in [1.54, 1.807) is 18.2 Å². The molecule has 0 N–H and O–H groups in total. The zero-order valence-electron chi connectivity index (χ0n) is 10.6. The Hall–Kier alpha value is -1.78. The quantitative estimate of drug-likeness (QED) is 0.819. The molecule has 0 unspecified atom stereocenters. The van der Waals surface area contributed by atoms with Crippen LogP contribution in [0.25, 0.3) is 0 Å². The third-order valence-electron chi connectivity index (χ3n) is 2.76. The third-order valence-corrected chi connectivity index (χ3v) is 3.35. The van der Waals surface area contributed by atoms with Crippen LogP contribution in [-0.2, 0) is 11.3 Å². The van der Waals surface area contributed by atoms with Crippen molar-refractivity contribution in [3.63, 3.8) is 0 Å². The van der Waals surface area contributed by atoms with Crippen molar-refractivity contribution >= 4 is 29.2 Å². The summed E-state index contributed by atoms with van der Waals surface area (Å²) in [5.74, 6) is -0.499. The van der Waals surface area contributed by atoms with Gasteiger partial charge in [-0.15, -0.1) is 0 Å². The maximum Gasteiger partial charge on any atom is 0.339 e. The maximum atomic E-state index is 11.8. The van der Waals surface area contributed by atoms with Gasteiger partial charge in [-0.2, -0.15) is 0 Å². The normalized spacial score (nSPS) is 10.3. The van der Waals surface area contributed by atoms with Gasteiger partial charge in [0, 0.05) is 22.3 Å². The zero-order valence-corrected chi connectivity index (χ0v) is 12.1. The van der Waals surface area contributed by atoms with Crippen LogP contribution in [-0.4, -0.2) is 17.6 Å². The Bertz CT molecular complexity index is 710. The summed E-state index contributed by atoms with van der Waals surface area (Å²) in [6.07, 6.45) is 1.44. The van der Waals surface area contributed by atoms with E-state index in [1.165, 1.54) is 30.0 Å². The highest BCUT2D eigenvalue weighted by molar-refractivity contribution is 6.35. The van der Waals surface area contributed by atoms with Gasteiger partial charge < -0.3 is 9.30 Å². The molecule has 1 heterocycles. The Labute approximate surface area is 125 Å². The second-order valence-corrected chi connectivity index (χ2v) is 4.95. The molecule has 0 saturated carbocycles. The van der Waals surface area contributed by atoms with Gasteiger partial charge in [0.15, 0.2) is 0 Å². The molecule has 2 rings (SSSR count). The largest absolute Gasteiger partial charge is 0.465 e. The van der Waals surface area contributed by atoms with E-state index in [-0.39, 0.29) is 12.1 Å². The van der Waals surface area contributed by atoms with Gasteiger partial charge in [-0.25, -0.2) is 4.79 Å². The fourth-order valence-electron chi connectivity index (χ4n) is 1.73. The van der Waals surface area contributed by atoms with Crippen molar-refractivity contribution in [3.8, 4) is 0 Å². The first-order valence-electron chi connectivity index (χ1n) is 5.74. The Morgan fingerprint density at radius 1 is 1.25 bits per heavy atom. The predicted octanol–water partition coefficient (Wildman–Crippen LogP) is 2.99. The summed E-state index contributed by atoms with van der Waals surface area (Å²) in [6.45, 7) is 0.250. The van der Waals surface area contributed by atoms with E-state index in [0.717, 1.165) is 5.56 Å². The highest BCUT2D eigenvalue weighted by atomic mass is 35.5. The number of carbonyl (C=O) groups excluding carboxylic acids is 1. The molecule has 6 heteroatoms. The van der Waals surface area contributed by atoms with Crippen LogP contribution in [0.1, 0.15) is 15.9 Å². The van der Waals surface area contributed by atoms with E-state index in [0.29, 0.717) is 15.6 Å². The lowest BCUT2D eigenvalue weighted by atomic mass is 10.2. The number of hydrogen-bond donors (Lipinski definition) is 0. The molecule has 0 atom stereocenters. The third kappa shape index (κ3) is 3.21. The van der Waals surface area contributed by atoms with Crippen molar-refractivity contribution in [2.45, 2.75) is 6.54 Å². The van der Waals surface area contributed by atoms with Gasteiger partial charge in [-0.3, -0.25) is 4.79 Å². The number of nitrogens with zero attached hydrogens (tertiary/aromatic N) is 1. The molecule has 1 aromatic heterocycles. The summed E-state index contributed by atoms with van der Waals surface area (Å²) >= 11 is 11.9. The van der Waals surface area contributed by atoms with Crippen molar-refractivity contribution in [2.24, 2.45) is 0 Å². The summed E-state index contributed by atoms with van der Waals surface area (Å²) in [5.41, 5.74) is 0.807. The number of halogens is 2. The molecule has 0 radical (unpaired) electrons. The second-order valence-electron chi connectivity index (χ2n) is 4.11. The van der Waals surface area contributed by atoms with Gasteiger partial charge in [0.2, 0.25) is 0 Å². The van der Waals surface area contributed by atoms with Crippen molar-refractivity contribution in [3.05, 3.63) is 68.1 Å². The first-order chi connectivity index (χ1) is 9.51. The van der Waals surface area contributed by atoms with Crippen LogP contribution in [0, 0.1) is 0 Å². The molecule has 0 amide bonds. The minimum Gasteiger partial charge on any atom is -0.465 e. The second kappa shape index (κ2) is 6.11. The molecule has 4 nitrogen and oxygen atoms in total. The van der Waals surface area contributed by atoms with Crippen LogP contribution < -0.4 is 5.56 Å². The first-order valence-corrected chi connectivity index (χ1v) is 6.49. The van der Waals surface area contributed by atoms with Crippen LogP contribution in [0.3, 0.4) is 0 Å². The van der Waals surface area contributed by atoms with E-state index in [1.807, 2.05) is 0 Å². The number of methoxy groups -OCH3 is 1. The number of benzene rings is 1. The van der Waals surface area contributed by atoms with Crippen LogP contribution in [0.2, 0.25) is 10.0 Å². The molecule has 104 valence electrons. The molecule has 0 bridgehead atoms. The highest BCUT2D eigenvalue weighted by Gasteiger charge is 2.09. The average molecular weight is 312 g/mol. The summed E-state index contributed by atoms with van der Waals surface area (Å²) < 4.78 is 6.01.